The van der Waals surface area contributed by atoms with Crippen molar-refractivity contribution in [3.63, 3.8) is 0 Å². The Morgan fingerprint density at radius 3 is 2.53 bits per heavy atom. The van der Waals surface area contributed by atoms with Crippen molar-refractivity contribution >= 4 is 23.3 Å². The van der Waals surface area contributed by atoms with Crippen LogP contribution in [0.1, 0.15) is 22.9 Å². The van der Waals surface area contributed by atoms with Crippen molar-refractivity contribution in [1.82, 2.24) is 9.47 Å². The molecule has 0 fully saturated rings. The molecular weight excluding hydrogens is 394 g/mol. The van der Waals surface area contributed by atoms with Crippen LogP contribution in [0.2, 0.25) is 5.02 Å². The average molecular weight is 414 g/mol. The highest BCUT2D eigenvalue weighted by Crippen LogP contribution is 2.37. The molecule has 0 saturated heterocycles. The van der Waals surface area contributed by atoms with Crippen molar-refractivity contribution in [2.45, 2.75) is 12.6 Å². The van der Waals surface area contributed by atoms with Gasteiger partial charge < -0.3 is 14.8 Å². The molecule has 5 heteroatoms. The van der Waals surface area contributed by atoms with Gasteiger partial charge in [-0.1, -0.05) is 60.1 Å². The van der Waals surface area contributed by atoms with E-state index in [-0.39, 0.29) is 12.1 Å². The van der Waals surface area contributed by atoms with Crippen LogP contribution in [-0.4, -0.2) is 15.5 Å². The van der Waals surface area contributed by atoms with Gasteiger partial charge >= 0.3 is 6.03 Å². The van der Waals surface area contributed by atoms with Crippen LogP contribution in [0.4, 0.5) is 10.5 Å². The Kier molecular flexibility index (Phi) is 4.77. The largest absolute Gasteiger partial charge is 0.322 e. The predicted octanol–water partition coefficient (Wildman–Crippen LogP) is 6.27. The molecule has 1 aromatic heterocycles. The zero-order valence-electron chi connectivity index (χ0n) is 16.2. The highest BCUT2D eigenvalue weighted by molar-refractivity contribution is 6.30. The van der Waals surface area contributed by atoms with E-state index in [0.717, 1.165) is 28.2 Å². The number of fused-ring (bicyclic) bond motifs is 3. The maximum atomic E-state index is 13.5. The molecule has 4 aromatic rings. The second-order valence-electron chi connectivity index (χ2n) is 7.31. The first-order valence-electron chi connectivity index (χ1n) is 9.84. The normalized spacial score (nSPS) is 15.1. The van der Waals surface area contributed by atoms with Gasteiger partial charge in [0.1, 0.15) is 0 Å². The second-order valence-corrected chi connectivity index (χ2v) is 7.75. The molecule has 1 aliphatic heterocycles. The summed E-state index contributed by atoms with van der Waals surface area (Å²) >= 11 is 6.33. The molecule has 1 N–H and O–H groups in total. The molecule has 30 heavy (non-hydrogen) atoms. The van der Waals surface area contributed by atoms with Crippen LogP contribution < -0.4 is 5.32 Å². The monoisotopic (exact) mass is 413 g/mol. The first-order chi connectivity index (χ1) is 14.7. The third kappa shape index (κ3) is 3.36. The van der Waals surface area contributed by atoms with Gasteiger partial charge in [0.2, 0.25) is 0 Å². The summed E-state index contributed by atoms with van der Waals surface area (Å²) < 4.78 is 2.16. The van der Waals surface area contributed by atoms with Crippen LogP contribution >= 0.6 is 11.6 Å². The number of urea groups is 1. The fourth-order valence-corrected chi connectivity index (χ4v) is 4.28. The molecule has 0 bridgehead atoms. The average Bonchev–Trinajstić information content (AvgIpc) is 3.18. The number of nitrogens with zero attached hydrogens (tertiary/aromatic N) is 2. The van der Waals surface area contributed by atoms with Gasteiger partial charge in [0.25, 0.3) is 0 Å². The summed E-state index contributed by atoms with van der Waals surface area (Å²) in [5.74, 6) is 0. The number of hydrogen-bond donors (Lipinski definition) is 1. The summed E-state index contributed by atoms with van der Waals surface area (Å²) in [6.07, 6.45) is 2.05. The van der Waals surface area contributed by atoms with Crippen LogP contribution in [0.15, 0.2) is 97.2 Å². The molecular formula is C25H20ClN3O. The molecule has 0 saturated carbocycles. The number of amides is 2. The lowest BCUT2D eigenvalue weighted by molar-refractivity contribution is 0.194. The topological polar surface area (TPSA) is 37.3 Å². The lowest BCUT2D eigenvalue weighted by Crippen LogP contribution is -2.37. The van der Waals surface area contributed by atoms with Crippen molar-refractivity contribution in [2.75, 3.05) is 5.32 Å². The van der Waals surface area contributed by atoms with Gasteiger partial charge in [-0.15, -0.1) is 0 Å². The first kappa shape index (κ1) is 18.5. The van der Waals surface area contributed by atoms with Crippen LogP contribution in [0.3, 0.4) is 0 Å². The van der Waals surface area contributed by atoms with E-state index in [2.05, 4.69) is 28.1 Å². The SMILES string of the molecule is O=C(Nc1ccccc1)N1Cc2ccccc2-n2cccc2[C@@H]1c1cccc(Cl)c1. The molecule has 2 amide bonds. The Balaban J connectivity index is 1.65. The maximum absolute atomic E-state index is 13.5. The van der Waals surface area contributed by atoms with E-state index in [1.165, 1.54) is 0 Å². The lowest BCUT2D eigenvalue weighted by Gasteiger charge is -2.31. The maximum Gasteiger partial charge on any atom is 0.322 e. The van der Waals surface area contributed by atoms with Crippen molar-refractivity contribution in [2.24, 2.45) is 0 Å². The van der Waals surface area contributed by atoms with Gasteiger partial charge in [-0.25, -0.2) is 4.79 Å². The van der Waals surface area contributed by atoms with E-state index < -0.39 is 0 Å². The van der Waals surface area contributed by atoms with Gasteiger partial charge in [-0.05, 0) is 53.6 Å². The van der Waals surface area contributed by atoms with E-state index in [9.17, 15) is 4.79 Å². The van der Waals surface area contributed by atoms with Gasteiger partial charge in [0.05, 0.1) is 18.3 Å². The fourth-order valence-electron chi connectivity index (χ4n) is 4.08. The standard InChI is InChI=1S/C25H20ClN3O/c26-20-10-6-9-18(16-20)24-23-14-7-15-28(23)22-13-5-4-8-19(22)17-29(24)25(30)27-21-11-2-1-3-12-21/h1-16,24H,17H2,(H,27,30)/t24-/m0/s1. The minimum atomic E-state index is -0.283. The summed E-state index contributed by atoms with van der Waals surface area (Å²) in [6.45, 7) is 0.480. The summed E-state index contributed by atoms with van der Waals surface area (Å²) in [5, 5.41) is 3.70. The Bertz CT molecular complexity index is 1200. The van der Waals surface area contributed by atoms with E-state index in [1.54, 1.807) is 0 Å². The summed E-state index contributed by atoms with van der Waals surface area (Å²) in [5.41, 5.74) is 4.92. The van der Waals surface area contributed by atoms with Crippen LogP contribution in [-0.2, 0) is 6.54 Å². The zero-order valence-corrected chi connectivity index (χ0v) is 17.0. The Morgan fingerprint density at radius 2 is 1.70 bits per heavy atom. The molecule has 148 valence electrons. The molecule has 5 rings (SSSR count). The molecule has 2 heterocycles. The number of nitrogens with one attached hydrogen (secondary N) is 1. The van der Waals surface area contributed by atoms with E-state index in [1.807, 2.05) is 83.9 Å². The van der Waals surface area contributed by atoms with Crippen LogP contribution in [0, 0.1) is 0 Å². The fraction of sp³-hybridized carbons (Fsp3) is 0.0800. The number of rotatable bonds is 2. The third-order valence-corrected chi connectivity index (χ3v) is 5.65. The molecule has 0 radical (unpaired) electrons. The molecule has 0 spiro atoms. The van der Waals surface area contributed by atoms with E-state index in [0.29, 0.717) is 11.6 Å². The van der Waals surface area contributed by atoms with Gasteiger partial charge in [0.15, 0.2) is 0 Å². The molecule has 1 atom stereocenters. The van der Waals surface area contributed by atoms with Crippen LogP contribution in [0.5, 0.6) is 0 Å². The number of aromatic nitrogens is 1. The van der Waals surface area contributed by atoms with Crippen molar-refractivity contribution < 1.29 is 4.79 Å². The quantitative estimate of drug-likeness (QED) is 0.413. The Hall–Kier alpha value is -3.50. The number of hydrogen-bond acceptors (Lipinski definition) is 1. The highest BCUT2D eigenvalue weighted by atomic mass is 35.5. The molecule has 0 unspecified atom stereocenters. The summed E-state index contributed by atoms with van der Waals surface area (Å²) in [6, 6.07) is 29.1. The summed E-state index contributed by atoms with van der Waals surface area (Å²) in [7, 11) is 0. The lowest BCUT2D eigenvalue weighted by atomic mass is 10.0. The molecule has 0 aliphatic carbocycles. The second kappa shape index (κ2) is 7.73. The van der Waals surface area contributed by atoms with Crippen LogP contribution in [0.25, 0.3) is 5.69 Å². The molecule has 4 nitrogen and oxygen atoms in total. The number of anilines is 1. The molecule has 1 aliphatic rings. The minimum absolute atomic E-state index is 0.157. The smallest absolute Gasteiger partial charge is 0.318 e. The number of halogens is 1. The first-order valence-corrected chi connectivity index (χ1v) is 10.2. The van der Waals surface area contributed by atoms with Crippen molar-refractivity contribution in [1.29, 1.82) is 0 Å². The van der Waals surface area contributed by atoms with E-state index >= 15 is 0 Å². The highest BCUT2D eigenvalue weighted by Gasteiger charge is 2.33. The zero-order chi connectivity index (χ0) is 20.5. The van der Waals surface area contributed by atoms with Gasteiger partial charge in [-0.3, -0.25) is 0 Å². The molecule has 3 aromatic carbocycles. The van der Waals surface area contributed by atoms with E-state index in [4.69, 9.17) is 11.6 Å². The number of para-hydroxylation sites is 2. The van der Waals surface area contributed by atoms with Crippen molar-refractivity contribution in [3.05, 3.63) is 119 Å². The number of carbonyl (C=O) groups is 1. The van der Waals surface area contributed by atoms with Crippen molar-refractivity contribution in [3.8, 4) is 5.69 Å². The third-order valence-electron chi connectivity index (χ3n) is 5.41. The Morgan fingerprint density at radius 1 is 0.900 bits per heavy atom. The van der Waals surface area contributed by atoms with Gasteiger partial charge in [-0.2, -0.15) is 0 Å². The minimum Gasteiger partial charge on any atom is -0.318 e. The predicted molar refractivity (Wildman–Crippen MR) is 120 cm³/mol. The number of carbonyl (C=O) groups excluding carboxylic acids is 1. The number of benzene rings is 3. The summed E-state index contributed by atoms with van der Waals surface area (Å²) in [4.78, 5) is 15.4. The van der Waals surface area contributed by atoms with Gasteiger partial charge in [0, 0.05) is 22.6 Å². The Labute approximate surface area is 180 Å².